The molecule has 1 saturated carbocycles. The summed E-state index contributed by atoms with van der Waals surface area (Å²) >= 11 is 0. The van der Waals surface area contributed by atoms with E-state index in [2.05, 4.69) is 45.0 Å². The first kappa shape index (κ1) is 10.7. The van der Waals surface area contributed by atoms with E-state index in [1.54, 1.807) is 5.56 Å². The SMILES string of the molecule is Cc1ccc(C2CCCC(C)(C)C2)cc1. The van der Waals surface area contributed by atoms with Crippen molar-refractivity contribution in [2.45, 2.75) is 52.4 Å². The standard InChI is InChI=1S/C15H22/c1-12-6-8-13(9-7-12)14-5-4-10-15(2,3)11-14/h6-9,14H,4-5,10-11H2,1-3H3. The molecule has 1 unspecified atom stereocenters. The highest BCUT2D eigenvalue weighted by atomic mass is 14.3. The summed E-state index contributed by atoms with van der Waals surface area (Å²) in [5.74, 6) is 0.800. The maximum Gasteiger partial charge on any atom is -0.0157 e. The Hall–Kier alpha value is -0.780. The summed E-state index contributed by atoms with van der Waals surface area (Å²) in [7, 11) is 0. The van der Waals surface area contributed by atoms with Crippen LogP contribution >= 0.6 is 0 Å². The summed E-state index contributed by atoms with van der Waals surface area (Å²) in [6.45, 7) is 6.98. The van der Waals surface area contributed by atoms with Gasteiger partial charge in [0.15, 0.2) is 0 Å². The normalized spacial score (nSPS) is 25.1. The van der Waals surface area contributed by atoms with Gasteiger partial charge in [-0.25, -0.2) is 0 Å². The number of hydrogen-bond donors (Lipinski definition) is 0. The average Bonchev–Trinajstić information content (AvgIpc) is 2.17. The molecule has 15 heavy (non-hydrogen) atoms. The second kappa shape index (κ2) is 4.00. The molecule has 82 valence electrons. The molecule has 0 spiro atoms. The molecule has 1 aromatic carbocycles. The Morgan fingerprint density at radius 2 is 1.80 bits per heavy atom. The molecule has 0 aliphatic heterocycles. The summed E-state index contributed by atoms with van der Waals surface area (Å²) < 4.78 is 0. The van der Waals surface area contributed by atoms with Crippen LogP contribution in [-0.4, -0.2) is 0 Å². The summed E-state index contributed by atoms with van der Waals surface area (Å²) in [6, 6.07) is 9.14. The van der Waals surface area contributed by atoms with Crippen molar-refractivity contribution in [3.63, 3.8) is 0 Å². The van der Waals surface area contributed by atoms with Crippen molar-refractivity contribution in [1.82, 2.24) is 0 Å². The van der Waals surface area contributed by atoms with Crippen LogP contribution < -0.4 is 0 Å². The van der Waals surface area contributed by atoms with Crippen LogP contribution in [0.25, 0.3) is 0 Å². The molecule has 1 fully saturated rings. The molecular weight excluding hydrogens is 180 g/mol. The second-order valence-electron chi connectivity index (χ2n) is 5.87. The van der Waals surface area contributed by atoms with E-state index in [1.165, 1.54) is 31.2 Å². The van der Waals surface area contributed by atoms with E-state index in [9.17, 15) is 0 Å². The van der Waals surface area contributed by atoms with Gasteiger partial charge in [0.05, 0.1) is 0 Å². The summed E-state index contributed by atoms with van der Waals surface area (Å²) in [5, 5.41) is 0. The Morgan fingerprint density at radius 3 is 2.40 bits per heavy atom. The van der Waals surface area contributed by atoms with Gasteiger partial charge in [-0.3, -0.25) is 0 Å². The highest BCUT2D eigenvalue weighted by molar-refractivity contribution is 5.25. The van der Waals surface area contributed by atoms with E-state index in [0.29, 0.717) is 5.41 Å². The topological polar surface area (TPSA) is 0 Å². The predicted molar refractivity (Wildman–Crippen MR) is 66.2 cm³/mol. The zero-order chi connectivity index (χ0) is 10.9. The van der Waals surface area contributed by atoms with Gasteiger partial charge >= 0.3 is 0 Å². The number of benzene rings is 1. The maximum atomic E-state index is 2.41. The van der Waals surface area contributed by atoms with Gasteiger partial charge in [0.1, 0.15) is 0 Å². The predicted octanol–water partition coefficient (Wildman–Crippen LogP) is 4.68. The molecule has 2 rings (SSSR count). The molecule has 1 atom stereocenters. The zero-order valence-electron chi connectivity index (χ0n) is 10.2. The number of hydrogen-bond acceptors (Lipinski definition) is 0. The van der Waals surface area contributed by atoms with E-state index < -0.39 is 0 Å². The van der Waals surface area contributed by atoms with Crippen molar-refractivity contribution < 1.29 is 0 Å². The summed E-state index contributed by atoms with van der Waals surface area (Å²) in [6.07, 6.45) is 5.53. The van der Waals surface area contributed by atoms with Crippen molar-refractivity contribution in [3.05, 3.63) is 35.4 Å². The van der Waals surface area contributed by atoms with Crippen LogP contribution in [0.5, 0.6) is 0 Å². The molecule has 0 bridgehead atoms. The lowest BCUT2D eigenvalue weighted by atomic mass is 9.70. The smallest absolute Gasteiger partial charge is 0.0157 e. The molecule has 0 heteroatoms. The lowest BCUT2D eigenvalue weighted by Crippen LogP contribution is -2.21. The van der Waals surface area contributed by atoms with E-state index in [4.69, 9.17) is 0 Å². The van der Waals surface area contributed by atoms with Crippen LogP contribution in [0.1, 0.15) is 56.6 Å². The first-order chi connectivity index (χ1) is 7.07. The van der Waals surface area contributed by atoms with Crippen LogP contribution in [0, 0.1) is 12.3 Å². The van der Waals surface area contributed by atoms with Crippen LogP contribution in [0.2, 0.25) is 0 Å². The van der Waals surface area contributed by atoms with Gasteiger partial charge in [0.25, 0.3) is 0 Å². The average molecular weight is 202 g/mol. The highest BCUT2D eigenvalue weighted by Crippen LogP contribution is 2.43. The Kier molecular flexibility index (Phi) is 2.86. The van der Waals surface area contributed by atoms with Crippen molar-refractivity contribution >= 4 is 0 Å². The van der Waals surface area contributed by atoms with E-state index in [0.717, 1.165) is 5.92 Å². The lowest BCUT2D eigenvalue weighted by Gasteiger charge is -2.35. The fourth-order valence-electron chi connectivity index (χ4n) is 2.82. The van der Waals surface area contributed by atoms with Gasteiger partial charge < -0.3 is 0 Å². The third-order valence-electron chi connectivity index (χ3n) is 3.75. The van der Waals surface area contributed by atoms with Gasteiger partial charge in [-0.2, -0.15) is 0 Å². The Balaban J connectivity index is 2.13. The highest BCUT2D eigenvalue weighted by Gasteiger charge is 2.28. The number of rotatable bonds is 1. The van der Waals surface area contributed by atoms with Crippen LogP contribution in [0.3, 0.4) is 0 Å². The Morgan fingerprint density at radius 1 is 1.13 bits per heavy atom. The quantitative estimate of drug-likeness (QED) is 0.620. The first-order valence-electron chi connectivity index (χ1n) is 6.13. The monoisotopic (exact) mass is 202 g/mol. The molecule has 1 aliphatic carbocycles. The Bertz CT molecular complexity index is 318. The van der Waals surface area contributed by atoms with Crippen LogP contribution in [0.4, 0.5) is 0 Å². The fourth-order valence-corrected chi connectivity index (χ4v) is 2.82. The van der Waals surface area contributed by atoms with Crippen molar-refractivity contribution in [1.29, 1.82) is 0 Å². The van der Waals surface area contributed by atoms with Crippen molar-refractivity contribution in [2.24, 2.45) is 5.41 Å². The molecule has 0 N–H and O–H groups in total. The second-order valence-corrected chi connectivity index (χ2v) is 5.87. The van der Waals surface area contributed by atoms with E-state index >= 15 is 0 Å². The third-order valence-corrected chi connectivity index (χ3v) is 3.75. The van der Waals surface area contributed by atoms with Gasteiger partial charge in [0.2, 0.25) is 0 Å². The van der Waals surface area contributed by atoms with Crippen molar-refractivity contribution in [3.8, 4) is 0 Å². The zero-order valence-corrected chi connectivity index (χ0v) is 10.2. The van der Waals surface area contributed by atoms with Gasteiger partial charge in [-0.05, 0) is 43.1 Å². The van der Waals surface area contributed by atoms with Crippen LogP contribution in [0.15, 0.2) is 24.3 Å². The fraction of sp³-hybridized carbons (Fsp3) is 0.600. The minimum atomic E-state index is 0.549. The molecule has 1 aromatic rings. The van der Waals surface area contributed by atoms with Gasteiger partial charge in [-0.1, -0.05) is 50.1 Å². The third kappa shape index (κ3) is 2.62. The molecule has 0 radical (unpaired) electrons. The molecule has 0 saturated heterocycles. The summed E-state index contributed by atoms with van der Waals surface area (Å²) in [4.78, 5) is 0. The van der Waals surface area contributed by atoms with E-state index in [-0.39, 0.29) is 0 Å². The van der Waals surface area contributed by atoms with Gasteiger partial charge in [0, 0.05) is 0 Å². The molecule has 0 amide bonds. The van der Waals surface area contributed by atoms with Gasteiger partial charge in [-0.15, -0.1) is 0 Å². The molecule has 0 nitrogen and oxygen atoms in total. The van der Waals surface area contributed by atoms with Crippen LogP contribution in [-0.2, 0) is 0 Å². The minimum Gasteiger partial charge on any atom is -0.0599 e. The lowest BCUT2D eigenvalue weighted by molar-refractivity contribution is 0.219. The first-order valence-corrected chi connectivity index (χ1v) is 6.13. The summed E-state index contributed by atoms with van der Waals surface area (Å²) in [5.41, 5.74) is 3.47. The largest absolute Gasteiger partial charge is 0.0599 e. The molecule has 1 aliphatic rings. The molecule has 0 aromatic heterocycles. The number of aryl methyl sites for hydroxylation is 1. The maximum absolute atomic E-state index is 2.41. The Labute approximate surface area is 93.7 Å². The van der Waals surface area contributed by atoms with E-state index in [1.807, 2.05) is 0 Å². The molecule has 0 heterocycles. The minimum absolute atomic E-state index is 0.549. The molecular formula is C15H22. The van der Waals surface area contributed by atoms with Crippen molar-refractivity contribution in [2.75, 3.05) is 0 Å².